The van der Waals surface area contributed by atoms with Crippen LogP contribution in [0.3, 0.4) is 0 Å². The zero-order valence-electron chi connectivity index (χ0n) is 18.1. The number of hydrogen-bond acceptors (Lipinski definition) is 4. The number of aromatic carboxylic acids is 1. The van der Waals surface area contributed by atoms with Gasteiger partial charge in [0.1, 0.15) is 11.3 Å². The van der Waals surface area contributed by atoms with Gasteiger partial charge in [0, 0.05) is 23.8 Å². The molecule has 0 bridgehead atoms. The first-order valence-corrected chi connectivity index (χ1v) is 11.4. The van der Waals surface area contributed by atoms with Gasteiger partial charge in [-0.1, -0.05) is 37.6 Å². The largest absolute Gasteiger partial charge is 0.478 e. The van der Waals surface area contributed by atoms with Crippen LogP contribution < -0.4 is 0 Å². The number of carboxylic acid groups (broad SMARTS) is 1. The number of carboxylic acids is 1. The van der Waals surface area contributed by atoms with Crippen LogP contribution >= 0.6 is 15.9 Å². The average Bonchev–Trinajstić information content (AvgIpc) is 3.32. The van der Waals surface area contributed by atoms with Gasteiger partial charge in [0.2, 0.25) is 0 Å². The van der Waals surface area contributed by atoms with E-state index in [0.29, 0.717) is 30.1 Å². The van der Waals surface area contributed by atoms with Gasteiger partial charge >= 0.3 is 5.97 Å². The van der Waals surface area contributed by atoms with Crippen molar-refractivity contribution in [2.24, 2.45) is 0 Å². The van der Waals surface area contributed by atoms with Crippen molar-refractivity contribution in [1.82, 2.24) is 9.78 Å². The number of halogens is 1. The van der Waals surface area contributed by atoms with Crippen molar-refractivity contribution in [2.45, 2.75) is 39.3 Å². The summed E-state index contributed by atoms with van der Waals surface area (Å²) in [5.41, 5.74) is 4.65. The quantitative estimate of drug-likeness (QED) is 0.294. The number of benzene rings is 2. The van der Waals surface area contributed by atoms with E-state index in [1.807, 2.05) is 16.8 Å². The van der Waals surface area contributed by atoms with Crippen molar-refractivity contribution in [1.29, 1.82) is 0 Å². The lowest BCUT2D eigenvalue weighted by atomic mass is 10.0. The van der Waals surface area contributed by atoms with E-state index in [1.54, 1.807) is 31.4 Å². The predicted molar refractivity (Wildman–Crippen MR) is 127 cm³/mol. The number of furan rings is 1. The SMILES string of the molecule is CCCCc1cc(COC)nn1Cc1ccc2oc(-c3ccccc3C(=O)O)c(Br)c2c1. The monoisotopic (exact) mass is 496 g/mol. The van der Waals surface area contributed by atoms with Gasteiger partial charge in [-0.25, -0.2) is 4.79 Å². The Morgan fingerprint density at radius 1 is 1.22 bits per heavy atom. The number of methoxy groups -OCH3 is 1. The summed E-state index contributed by atoms with van der Waals surface area (Å²) in [6, 6.07) is 15.0. The summed E-state index contributed by atoms with van der Waals surface area (Å²) in [4.78, 5) is 11.7. The van der Waals surface area contributed by atoms with E-state index in [2.05, 4.69) is 35.0 Å². The second-order valence-corrected chi connectivity index (χ2v) is 8.54. The number of carbonyl (C=O) groups is 1. The van der Waals surface area contributed by atoms with Crippen LogP contribution in [-0.4, -0.2) is 28.0 Å². The first-order chi connectivity index (χ1) is 15.5. The van der Waals surface area contributed by atoms with Crippen LogP contribution in [0.5, 0.6) is 0 Å². The Morgan fingerprint density at radius 3 is 2.78 bits per heavy atom. The summed E-state index contributed by atoms with van der Waals surface area (Å²) < 4.78 is 14.1. The molecule has 0 aliphatic heterocycles. The minimum atomic E-state index is -0.987. The molecular weight excluding hydrogens is 472 g/mol. The number of nitrogens with zero attached hydrogens (tertiary/aromatic N) is 2. The second-order valence-electron chi connectivity index (χ2n) is 7.75. The Morgan fingerprint density at radius 2 is 2.03 bits per heavy atom. The summed E-state index contributed by atoms with van der Waals surface area (Å²) in [7, 11) is 1.68. The van der Waals surface area contributed by atoms with E-state index in [-0.39, 0.29) is 5.56 Å². The Hall–Kier alpha value is -2.90. The minimum Gasteiger partial charge on any atom is -0.478 e. The molecular formula is C25H25BrN2O4. The molecule has 0 atom stereocenters. The number of aromatic nitrogens is 2. The molecule has 0 unspecified atom stereocenters. The lowest BCUT2D eigenvalue weighted by Gasteiger charge is -2.07. The van der Waals surface area contributed by atoms with Crippen molar-refractivity contribution in [3.8, 4) is 11.3 Å². The summed E-state index contributed by atoms with van der Waals surface area (Å²) in [5.74, 6) is -0.473. The number of hydrogen-bond donors (Lipinski definition) is 1. The number of aryl methyl sites for hydroxylation is 1. The summed E-state index contributed by atoms with van der Waals surface area (Å²) in [5, 5.41) is 15.2. The lowest BCUT2D eigenvalue weighted by molar-refractivity contribution is 0.0697. The molecule has 4 aromatic rings. The molecule has 0 radical (unpaired) electrons. The van der Waals surface area contributed by atoms with Gasteiger partial charge < -0.3 is 14.3 Å². The molecule has 166 valence electrons. The highest BCUT2D eigenvalue weighted by molar-refractivity contribution is 9.10. The van der Waals surface area contributed by atoms with Crippen LogP contribution in [0.15, 0.2) is 57.4 Å². The third kappa shape index (κ3) is 4.49. The van der Waals surface area contributed by atoms with E-state index in [1.165, 1.54) is 5.69 Å². The molecule has 2 heterocycles. The highest BCUT2D eigenvalue weighted by Gasteiger charge is 2.20. The lowest BCUT2D eigenvalue weighted by Crippen LogP contribution is -2.07. The molecule has 0 saturated carbocycles. The van der Waals surface area contributed by atoms with Gasteiger partial charge in [-0.05, 0) is 58.6 Å². The van der Waals surface area contributed by atoms with Crippen LogP contribution in [0.2, 0.25) is 0 Å². The first kappa shape index (κ1) is 22.3. The normalized spacial score (nSPS) is 11.3. The maximum absolute atomic E-state index is 11.7. The fourth-order valence-corrected chi connectivity index (χ4v) is 4.46. The number of unbranched alkanes of at least 4 members (excludes halogenated alkanes) is 1. The molecule has 0 aliphatic rings. The van der Waals surface area contributed by atoms with Crippen molar-refractivity contribution in [2.75, 3.05) is 7.11 Å². The van der Waals surface area contributed by atoms with Gasteiger partial charge in [0.05, 0.1) is 28.9 Å². The van der Waals surface area contributed by atoms with E-state index in [0.717, 1.165) is 40.4 Å². The first-order valence-electron chi connectivity index (χ1n) is 10.6. The van der Waals surface area contributed by atoms with E-state index < -0.39 is 5.97 Å². The topological polar surface area (TPSA) is 77.5 Å². The van der Waals surface area contributed by atoms with Gasteiger partial charge in [-0.2, -0.15) is 5.10 Å². The summed E-state index contributed by atoms with van der Waals surface area (Å²) in [6.45, 7) is 3.31. The highest BCUT2D eigenvalue weighted by atomic mass is 79.9. The fraction of sp³-hybridized carbons (Fsp3) is 0.280. The Balaban J connectivity index is 1.70. The van der Waals surface area contributed by atoms with Crippen LogP contribution in [0.4, 0.5) is 0 Å². The minimum absolute atomic E-state index is 0.204. The average molecular weight is 497 g/mol. The maximum atomic E-state index is 11.7. The van der Waals surface area contributed by atoms with E-state index in [9.17, 15) is 9.90 Å². The number of rotatable bonds is 9. The third-order valence-corrected chi connectivity index (χ3v) is 6.21. The molecule has 0 amide bonds. The zero-order chi connectivity index (χ0) is 22.7. The molecule has 7 heteroatoms. The Labute approximate surface area is 194 Å². The molecule has 0 spiro atoms. The van der Waals surface area contributed by atoms with Crippen molar-refractivity contribution >= 4 is 32.9 Å². The molecule has 0 aliphatic carbocycles. The molecule has 0 saturated heterocycles. The van der Waals surface area contributed by atoms with Crippen molar-refractivity contribution in [3.05, 3.63) is 75.5 Å². The van der Waals surface area contributed by atoms with Gasteiger partial charge in [-0.15, -0.1) is 0 Å². The molecule has 0 fully saturated rings. The molecule has 6 nitrogen and oxygen atoms in total. The highest BCUT2D eigenvalue weighted by Crippen LogP contribution is 2.39. The van der Waals surface area contributed by atoms with Gasteiger partial charge in [0.15, 0.2) is 0 Å². The van der Waals surface area contributed by atoms with Crippen molar-refractivity contribution < 1.29 is 19.1 Å². The third-order valence-electron chi connectivity index (χ3n) is 5.42. The molecule has 1 N–H and O–H groups in total. The van der Waals surface area contributed by atoms with Crippen LogP contribution in [0.25, 0.3) is 22.3 Å². The van der Waals surface area contributed by atoms with Crippen LogP contribution in [-0.2, 0) is 24.3 Å². The zero-order valence-corrected chi connectivity index (χ0v) is 19.7. The van der Waals surface area contributed by atoms with Gasteiger partial charge in [0.25, 0.3) is 0 Å². The molecule has 32 heavy (non-hydrogen) atoms. The van der Waals surface area contributed by atoms with Crippen molar-refractivity contribution in [3.63, 3.8) is 0 Å². The Kier molecular flexibility index (Phi) is 6.77. The summed E-state index contributed by atoms with van der Waals surface area (Å²) in [6.07, 6.45) is 3.21. The number of ether oxygens (including phenoxy) is 1. The maximum Gasteiger partial charge on any atom is 0.336 e. The fourth-order valence-electron chi connectivity index (χ4n) is 3.86. The standard InChI is InChI=1S/C25H25BrN2O4/c1-3-4-7-18-13-17(15-31-2)27-28(18)14-16-10-11-22-21(12-16)23(26)24(32-22)19-8-5-6-9-20(19)25(29)30/h5-6,8-13H,3-4,7,14-15H2,1-2H3,(H,29,30). The summed E-state index contributed by atoms with van der Waals surface area (Å²) >= 11 is 3.64. The predicted octanol–water partition coefficient (Wildman–Crippen LogP) is 6.29. The van der Waals surface area contributed by atoms with Gasteiger partial charge in [-0.3, -0.25) is 4.68 Å². The van der Waals surface area contributed by atoms with E-state index >= 15 is 0 Å². The second kappa shape index (κ2) is 9.71. The van der Waals surface area contributed by atoms with E-state index in [4.69, 9.17) is 14.3 Å². The molecule has 2 aromatic carbocycles. The Bertz CT molecular complexity index is 1260. The molecule has 4 rings (SSSR count). The van der Waals surface area contributed by atoms with Crippen LogP contribution in [0, 0.1) is 0 Å². The molecule has 2 aromatic heterocycles. The number of fused-ring (bicyclic) bond motifs is 1. The van der Waals surface area contributed by atoms with Crippen LogP contribution in [0.1, 0.15) is 47.1 Å². The smallest absolute Gasteiger partial charge is 0.336 e.